The number of benzene rings is 1. The number of aromatic nitrogens is 1. The molecule has 17 heavy (non-hydrogen) atoms. The average Bonchev–Trinajstić information content (AvgIpc) is 2.75. The largest absolute Gasteiger partial charge is 0.288 e. The third-order valence-electron chi connectivity index (χ3n) is 2.10. The Kier molecular flexibility index (Phi) is 4.18. The molecule has 1 heterocycles. The van der Waals surface area contributed by atoms with Crippen LogP contribution in [0.15, 0.2) is 23.7 Å². The van der Waals surface area contributed by atoms with Gasteiger partial charge in [-0.3, -0.25) is 4.79 Å². The zero-order valence-corrected chi connectivity index (χ0v) is 11.0. The van der Waals surface area contributed by atoms with Gasteiger partial charge in [-0.25, -0.2) is 4.98 Å². The number of rotatable bonds is 2. The molecule has 0 aliphatic rings. The van der Waals surface area contributed by atoms with Gasteiger partial charge in [0.2, 0.25) is 0 Å². The minimum absolute atomic E-state index is 0.149. The summed E-state index contributed by atoms with van der Waals surface area (Å²) < 4.78 is 1.18. The fourth-order valence-corrected chi connectivity index (χ4v) is 2.50. The van der Waals surface area contributed by atoms with Crippen molar-refractivity contribution in [3.63, 3.8) is 0 Å². The molecule has 2 nitrogen and oxygen atoms in total. The van der Waals surface area contributed by atoms with Crippen LogP contribution in [0.3, 0.4) is 0 Å². The van der Waals surface area contributed by atoms with Gasteiger partial charge in [0.05, 0.1) is 15.7 Å². The molecule has 0 unspecified atom stereocenters. The second-order valence-corrected chi connectivity index (χ2v) is 5.58. The molecule has 2 rings (SSSR count). The molecular formula is C13H11NOS2. The van der Waals surface area contributed by atoms with Gasteiger partial charge in [0.1, 0.15) is 0 Å². The quantitative estimate of drug-likeness (QED) is 0.613. The molecule has 0 radical (unpaired) electrons. The average molecular weight is 261 g/mol. The highest BCUT2D eigenvalue weighted by Crippen LogP contribution is 2.18. The second kappa shape index (κ2) is 5.85. The normalized spacial score (nSPS) is 9.94. The molecule has 0 aliphatic heterocycles. The third kappa shape index (κ3) is 3.58. The van der Waals surface area contributed by atoms with E-state index in [1.165, 1.54) is 16.5 Å². The number of thioether (sulfide) groups is 1. The molecule has 0 saturated carbocycles. The predicted molar refractivity (Wildman–Crippen MR) is 74.3 cm³/mol. The van der Waals surface area contributed by atoms with Crippen LogP contribution in [-0.4, -0.2) is 15.9 Å². The summed E-state index contributed by atoms with van der Waals surface area (Å²) in [6.07, 6.45) is 0.735. The van der Waals surface area contributed by atoms with Crippen LogP contribution in [0.2, 0.25) is 0 Å². The lowest BCUT2D eigenvalue weighted by Gasteiger charge is -1.91. The van der Waals surface area contributed by atoms with Gasteiger partial charge in [-0.1, -0.05) is 23.6 Å². The van der Waals surface area contributed by atoms with Gasteiger partial charge >= 0.3 is 0 Å². The van der Waals surface area contributed by atoms with Crippen molar-refractivity contribution in [2.24, 2.45) is 0 Å². The van der Waals surface area contributed by atoms with Crippen LogP contribution in [0.25, 0.3) is 10.2 Å². The summed E-state index contributed by atoms with van der Waals surface area (Å²) in [7, 11) is 0. The molecular weight excluding hydrogens is 250 g/mol. The van der Waals surface area contributed by atoms with E-state index in [2.05, 4.69) is 16.8 Å². The van der Waals surface area contributed by atoms with Crippen molar-refractivity contribution in [3.8, 4) is 11.8 Å². The molecule has 0 aliphatic carbocycles. The van der Waals surface area contributed by atoms with Crippen molar-refractivity contribution in [1.82, 2.24) is 4.98 Å². The first-order chi connectivity index (χ1) is 8.25. The Morgan fingerprint density at radius 2 is 2.41 bits per heavy atom. The molecule has 0 amide bonds. The van der Waals surface area contributed by atoms with Gasteiger partial charge < -0.3 is 0 Å². The molecule has 1 aromatic heterocycles. The Hall–Kier alpha value is -1.31. The first-order valence-electron chi connectivity index (χ1n) is 5.21. The number of fused-ring (bicyclic) bond motifs is 1. The first-order valence-corrected chi connectivity index (χ1v) is 7.08. The number of hydrogen-bond acceptors (Lipinski definition) is 4. The van der Waals surface area contributed by atoms with Crippen molar-refractivity contribution >= 4 is 38.4 Å². The minimum Gasteiger partial charge on any atom is -0.288 e. The Labute approximate surface area is 108 Å². The SMILES string of the molecule is CC(=O)SCCC#Cc1ccc2scnc2c1. The molecule has 0 saturated heterocycles. The maximum absolute atomic E-state index is 10.7. The third-order valence-corrected chi connectivity index (χ3v) is 3.72. The lowest BCUT2D eigenvalue weighted by Crippen LogP contribution is -1.84. The highest BCUT2D eigenvalue weighted by atomic mass is 32.2. The van der Waals surface area contributed by atoms with Crippen LogP contribution in [0.5, 0.6) is 0 Å². The Morgan fingerprint density at radius 3 is 3.24 bits per heavy atom. The molecule has 0 N–H and O–H groups in total. The second-order valence-electron chi connectivity index (χ2n) is 3.43. The van der Waals surface area contributed by atoms with Crippen LogP contribution < -0.4 is 0 Å². The zero-order valence-electron chi connectivity index (χ0n) is 9.40. The van der Waals surface area contributed by atoms with E-state index in [4.69, 9.17) is 0 Å². The van der Waals surface area contributed by atoms with Gasteiger partial charge in [-0.2, -0.15) is 0 Å². The van der Waals surface area contributed by atoms with Crippen LogP contribution in [-0.2, 0) is 4.79 Å². The topological polar surface area (TPSA) is 30.0 Å². The summed E-state index contributed by atoms with van der Waals surface area (Å²) in [5.41, 5.74) is 3.82. The lowest BCUT2D eigenvalue weighted by atomic mass is 10.2. The highest BCUT2D eigenvalue weighted by molar-refractivity contribution is 8.13. The van der Waals surface area contributed by atoms with Crippen LogP contribution in [0, 0.1) is 11.8 Å². The van der Waals surface area contributed by atoms with Crippen molar-refractivity contribution in [3.05, 3.63) is 29.3 Å². The minimum atomic E-state index is 0.149. The van der Waals surface area contributed by atoms with Crippen LogP contribution in [0.4, 0.5) is 0 Å². The predicted octanol–water partition coefficient (Wildman–Crippen LogP) is 3.32. The molecule has 0 spiro atoms. The molecule has 0 fully saturated rings. The van der Waals surface area contributed by atoms with E-state index in [1.54, 1.807) is 18.3 Å². The van der Waals surface area contributed by atoms with Crippen molar-refractivity contribution in [1.29, 1.82) is 0 Å². The van der Waals surface area contributed by atoms with Crippen molar-refractivity contribution < 1.29 is 4.79 Å². The summed E-state index contributed by atoms with van der Waals surface area (Å²) in [5.74, 6) is 6.92. The highest BCUT2D eigenvalue weighted by Gasteiger charge is 1.96. The van der Waals surface area contributed by atoms with Gasteiger partial charge in [0.25, 0.3) is 0 Å². The maximum Gasteiger partial charge on any atom is 0.185 e. The lowest BCUT2D eigenvalue weighted by molar-refractivity contribution is -0.109. The number of carbonyl (C=O) groups excluding carboxylic acids is 1. The Balaban J connectivity index is 1.98. The summed E-state index contributed by atoms with van der Waals surface area (Å²) >= 11 is 2.95. The van der Waals surface area contributed by atoms with E-state index in [9.17, 15) is 4.79 Å². The molecule has 0 bridgehead atoms. The van der Waals surface area contributed by atoms with E-state index < -0.39 is 0 Å². The monoisotopic (exact) mass is 261 g/mol. The van der Waals surface area contributed by atoms with E-state index in [0.29, 0.717) is 0 Å². The van der Waals surface area contributed by atoms with Gasteiger partial charge in [0, 0.05) is 24.7 Å². The van der Waals surface area contributed by atoms with Crippen LogP contribution in [0.1, 0.15) is 18.9 Å². The zero-order chi connectivity index (χ0) is 12.1. The maximum atomic E-state index is 10.7. The van der Waals surface area contributed by atoms with Gasteiger partial charge in [-0.15, -0.1) is 11.3 Å². The first kappa shape index (κ1) is 12.2. The molecule has 86 valence electrons. The van der Waals surface area contributed by atoms with Crippen LogP contribution >= 0.6 is 23.1 Å². The fraction of sp³-hybridized carbons (Fsp3) is 0.231. The number of nitrogens with zero attached hydrogens (tertiary/aromatic N) is 1. The standard InChI is InChI=1S/C13H11NOS2/c1-10(15)16-7-3-2-4-11-5-6-13-12(8-11)14-9-17-13/h5-6,8-9H,3,7H2,1H3. The van der Waals surface area contributed by atoms with E-state index >= 15 is 0 Å². The molecule has 0 atom stereocenters. The number of thiazole rings is 1. The Bertz CT molecular complexity index is 592. The number of carbonyl (C=O) groups is 1. The molecule has 4 heteroatoms. The summed E-state index contributed by atoms with van der Waals surface area (Å²) in [4.78, 5) is 15.0. The Morgan fingerprint density at radius 1 is 1.53 bits per heavy atom. The van der Waals surface area contributed by atoms with E-state index in [0.717, 1.165) is 23.3 Å². The summed E-state index contributed by atoms with van der Waals surface area (Å²) in [6.45, 7) is 1.58. The van der Waals surface area contributed by atoms with E-state index in [1.807, 2.05) is 23.7 Å². The van der Waals surface area contributed by atoms with Crippen molar-refractivity contribution in [2.75, 3.05) is 5.75 Å². The van der Waals surface area contributed by atoms with E-state index in [-0.39, 0.29) is 5.12 Å². The molecule has 1 aromatic carbocycles. The van der Waals surface area contributed by atoms with Gasteiger partial charge in [0.15, 0.2) is 5.12 Å². The fourth-order valence-electron chi connectivity index (χ4n) is 1.35. The smallest absolute Gasteiger partial charge is 0.185 e. The van der Waals surface area contributed by atoms with Gasteiger partial charge in [-0.05, 0) is 18.2 Å². The summed E-state index contributed by atoms with van der Waals surface area (Å²) in [6, 6.07) is 6.05. The van der Waals surface area contributed by atoms with Crippen molar-refractivity contribution in [2.45, 2.75) is 13.3 Å². The molecule has 2 aromatic rings. The summed E-state index contributed by atoms with van der Waals surface area (Å²) in [5, 5.41) is 0.149. The number of hydrogen-bond donors (Lipinski definition) is 0.